The normalized spacial score (nSPS) is 25.1. The lowest BCUT2D eigenvalue weighted by molar-refractivity contribution is 0.274. The van der Waals surface area contributed by atoms with E-state index in [2.05, 4.69) is 29.5 Å². The molecule has 2 unspecified atom stereocenters. The lowest BCUT2D eigenvalue weighted by Gasteiger charge is -2.26. The Morgan fingerprint density at radius 1 is 1.47 bits per heavy atom. The first-order valence-corrected chi connectivity index (χ1v) is 7.80. The van der Waals surface area contributed by atoms with Crippen molar-refractivity contribution in [2.45, 2.75) is 52.5 Å². The molecule has 2 atom stereocenters. The van der Waals surface area contributed by atoms with Crippen molar-refractivity contribution in [1.29, 1.82) is 0 Å². The van der Waals surface area contributed by atoms with E-state index in [0.717, 1.165) is 24.8 Å². The summed E-state index contributed by atoms with van der Waals surface area (Å²) in [7, 11) is 0. The van der Waals surface area contributed by atoms with Crippen molar-refractivity contribution < 1.29 is 0 Å². The number of aromatic nitrogens is 1. The molecular weight excluding hydrogens is 228 g/mol. The minimum absolute atomic E-state index is 0.892. The molecule has 1 heterocycles. The fourth-order valence-electron chi connectivity index (χ4n) is 2.74. The Kier molecular flexibility index (Phi) is 4.99. The maximum Gasteiger partial charge on any atom is 0.0926 e. The Balaban J connectivity index is 1.68. The quantitative estimate of drug-likeness (QED) is 0.865. The number of hydrogen-bond donors (Lipinski definition) is 1. The zero-order chi connectivity index (χ0) is 12.1. The fourth-order valence-corrected chi connectivity index (χ4v) is 3.49. The predicted octanol–water partition coefficient (Wildman–Crippen LogP) is 3.62. The number of rotatable bonds is 5. The van der Waals surface area contributed by atoms with Crippen molar-refractivity contribution in [3.8, 4) is 0 Å². The van der Waals surface area contributed by atoms with Crippen LogP contribution in [-0.2, 0) is 13.0 Å². The van der Waals surface area contributed by atoms with Gasteiger partial charge in [0.2, 0.25) is 0 Å². The Morgan fingerprint density at radius 3 is 3.06 bits per heavy atom. The van der Waals surface area contributed by atoms with Gasteiger partial charge >= 0.3 is 0 Å². The largest absolute Gasteiger partial charge is 0.311 e. The van der Waals surface area contributed by atoms with Crippen molar-refractivity contribution in [3.63, 3.8) is 0 Å². The van der Waals surface area contributed by atoms with Gasteiger partial charge < -0.3 is 5.32 Å². The molecule has 3 heteroatoms. The smallest absolute Gasteiger partial charge is 0.0926 e. The Morgan fingerprint density at radius 2 is 2.35 bits per heavy atom. The van der Waals surface area contributed by atoms with Crippen LogP contribution in [0.5, 0.6) is 0 Å². The molecule has 2 nitrogen and oxygen atoms in total. The second-order valence-electron chi connectivity index (χ2n) is 5.35. The van der Waals surface area contributed by atoms with E-state index >= 15 is 0 Å². The van der Waals surface area contributed by atoms with Crippen LogP contribution in [0.1, 0.15) is 50.2 Å². The molecule has 0 radical (unpaired) electrons. The summed E-state index contributed by atoms with van der Waals surface area (Å²) in [5, 5.41) is 7.02. The van der Waals surface area contributed by atoms with Gasteiger partial charge in [-0.05, 0) is 37.6 Å². The van der Waals surface area contributed by atoms with Crippen LogP contribution in [-0.4, -0.2) is 11.5 Å². The first kappa shape index (κ1) is 13.0. The fraction of sp³-hybridized carbons (Fsp3) is 0.786. The topological polar surface area (TPSA) is 24.9 Å². The highest BCUT2D eigenvalue weighted by atomic mass is 32.1. The van der Waals surface area contributed by atoms with Crippen molar-refractivity contribution in [1.82, 2.24) is 10.3 Å². The molecule has 1 aliphatic rings. The van der Waals surface area contributed by atoms with E-state index in [1.54, 1.807) is 11.3 Å². The summed E-state index contributed by atoms with van der Waals surface area (Å²) in [6.07, 6.45) is 6.73. The first-order chi connectivity index (χ1) is 8.28. The molecule has 1 aromatic heterocycles. The number of hydrogen-bond acceptors (Lipinski definition) is 3. The lowest BCUT2D eigenvalue weighted by Crippen LogP contribution is -2.26. The zero-order valence-electron chi connectivity index (χ0n) is 11.0. The van der Waals surface area contributed by atoms with Crippen LogP contribution in [0.2, 0.25) is 0 Å². The van der Waals surface area contributed by atoms with Gasteiger partial charge in [-0.15, -0.1) is 11.3 Å². The highest BCUT2D eigenvalue weighted by molar-refractivity contribution is 7.09. The second kappa shape index (κ2) is 6.50. The van der Waals surface area contributed by atoms with Gasteiger partial charge in [0.15, 0.2) is 0 Å². The van der Waals surface area contributed by atoms with E-state index in [0.29, 0.717) is 0 Å². The summed E-state index contributed by atoms with van der Waals surface area (Å²) in [5.41, 5.74) is 1.22. The van der Waals surface area contributed by atoms with Gasteiger partial charge in [-0.3, -0.25) is 0 Å². The van der Waals surface area contributed by atoms with E-state index in [1.165, 1.54) is 42.9 Å². The van der Waals surface area contributed by atoms with Gasteiger partial charge in [0, 0.05) is 11.9 Å². The van der Waals surface area contributed by atoms with E-state index in [9.17, 15) is 0 Å². The molecule has 0 amide bonds. The summed E-state index contributed by atoms with van der Waals surface area (Å²) in [4.78, 5) is 4.58. The van der Waals surface area contributed by atoms with Crippen LogP contribution in [0.3, 0.4) is 0 Å². The van der Waals surface area contributed by atoms with E-state index in [1.807, 2.05) is 0 Å². The molecule has 0 bridgehead atoms. The number of nitrogens with zero attached hydrogens (tertiary/aromatic N) is 1. The number of nitrogens with one attached hydrogen (secondary N) is 1. The molecule has 1 N–H and O–H groups in total. The molecule has 1 aliphatic carbocycles. The Labute approximate surface area is 109 Å². The van der Waals surface area contributed by atoms with Crippen LogP contribution in [0.25, 0.3) is 0 Å². The summed E-state index contributed by atoms with van der Waals surface area (Å²) < 4.78 is 0. The molecule has 1 aromatic rings. The third-order valence-electron chi connectivity index (χ3n) is 3.69. The number of thiazole rings is 1. The van der Waals surface area contributed by atoms with Gasteiger partial charge in [-0.1, -0.05) is 26.7 Å². The maximum atomic E-state index is 4.58. The third-order valence-corrected chi connectivity index (χ3v) is 4.73. The van der Waals surface area contributed by atoms with Crippen LogP contribution >= 0.6 is 11.3 Å². The predicted molar refractivity (Wildman–Crippen MR) is 74.3 cm³/mol. The van der Waals surface area contributed by atoms with Crippen molar-refractivity contribution >= 4 is 11.3 Å². The van der Waals surface area contributed by atoms with E-state index in [-0.39, 0.29) is 0 Å². The van der Waals surface area contributed by atoms with Crippen LogP contribution in [0.15, 0.2) is 5.38 Å². The minimum atomic E-state index is 0.892. The Bertz CT molecular complexity index is 335. The van der Waals surface area contributed by atoms with Gasteiger partial charge in [0.25, 0.3) is 0 Å². The second-order valence-corrected chi connectivity index (χ2v) is 6.30. The standard InChI is InChI=1S/C14H24N2S/c1-3-14-16-13(10-17-14)9-15-8-12-6-4-5-11(2)7-12/h10-12,15H,3-9H2,1-2H3. The zero-order valence-corrected chi connectivity index (χ0v) is 11.9. The molecular formula is C14H24N2S. The highest BCUT2D eigenvalue weighted by Gasteiger charge is 2.18. The van der Waals surface area contributed by atoms with Gasteiger partial charge in [-0.25, -0.2) is 4.98 Å². The SMILES string of the molecule is CCc1nc(CNCC2CCCC(C)C2)cs1. The molecule has 1 fully saturated rings. The van der Waals surface area contributed by atoms with E-state index in [4.69, 9.17) is 0 Å². The van der Waals surface area contributed by atoms with Crippen LogP contribution < -0.4 is 5.32 Å². The summed E-state index contributed by atoms with van der Waals surface area (Å²) in [5.74, 6) is 1.82. The first-order valence-electron chi connectivity index (χ1n) is 6.92. The van der Waals surface area contributed by atoms with Gasteiger partial charge in [0.05, 0.1) is 10.7 Å². The minimum Gasteiger partial charge on any atom is -0.311 e. The van der Waals surface area contributed by atoms with Crippen molar-refractivity contribution in [2.75, 3.05) is 6.54 Å². The monoisotopic (exact) mass is 252 g/mol. The third kappa shape index (κ3) is 4.07. The van der Waals surface area contributed by atoms with Crippen LogP contribution in [0.4, 0.5) is 0 Å². The molecule has 17 heavy (non-hydrogen) atoms. The molecule has 0 aromatic carbocycles. The molecule has 0 aliphatic heterocycles. The van der Waals surface area contributed by atoms with Gasteiger partial charge in [0.1, 0.15) is 0 Å². The average molecular weight is 252 g/mol. The molecule has 1 saturated carbocycles. The summed E-state index contributed by atoms with van der Waals surface area (Å²) in [6.45, 7) is 6.67. The van der Waals surface area contributed by atoms with Crippen LogP contribution in [0, 0.1) is 11.8 Å². The molecule has 96 valence electrons. The Hall–Kier alpha value is -0.410. The summed E-state index contributed by atoms with van der Waals surface area (Å²) in [6, 6.07) is 0. The molecule has 0 spiro atoms. The van der Waals surface area contributed by atoms with E-state index < -0.39 is 0 Å². The van der Waals surface area contributed by atoms with Crippen molar-refractivity contribution in [2.24, 2.45) is 11.8 Å². The molecule has 2 rings (SSSR count). The lowest BCUT2D eigenvalue weighted by atomic mass is 9.82. The highest BCUT2D eigenvalue weighted by Crippen LogP contribution is 2.27. The molecule has 0 saturated heterocycles. The summed E-state index contributed by atoms with van der Waals surface area (Å²) >= 11 is 1.78. The van der Waals surface area contributed by atoms with Gasteiger partial charge in [-0.2, -0.15) is 0 Å². The average Bonchev–Trinajstić information content (AvgIpc) is 2.77. The van der Waals surface area contributed by atoms with Crippen molar-refractivity contribution in [3.05, 3.63) is 16.1 Å². The number of aryl methyl sites for hydroxylation is 1. The maximum absolute atomic E-state index is 4.58.